The van der Waals surface area contributed by atoms with E-state index in [2.05, 4.69) is 38.4 Å². The van der Waals surface area contributed by atoms with Crippen LogP contribution < -0.4 is 9.46 Å². The van der Waals surface area contributed by atoms with Crippen LogP contribution in [-0.2, 0) is 31.2 Å². The van der Waals surface area contributed by atoms with E-state index in [9.17, 15) is 8.42 Å². The number of ether oxygens (including phenoxy) is 1. The van der Waals surface area contributed by atoms with Gasteiger partial charge in [-0.2, -0.15) is 13.5 Å². The van der Waals surface area contributed by atoms with Crippen LogP contribution in [0.15, 0.2) is 53.9 Å². The molecule has 0 amide bonds. The van der Waals surface area contributed by atoms with E-state index in [-0.39, 0.29) is 5.03 Å². The molecule has 5 aromatic rings. The van der Waals surface area contributed by atoms with Crippen LogP contribution in [0.3, 0.4) is 0 Å². The SMILES string of the molecule is COc1cc2cc(C)n(C)c2cc1-c1cn(C)c2nccc(NS(=O)(=O)c3ccn(C)n3)c12. The Kier molecular flexibility index (Phi) is 4.71. The minimum Gasteiger partial charge on any atom is -0.496 e. The number of hydrogen-bond acceptors (Lipinski definition) is 5. The molecule has 10 heteroatoms. The Morgan fingerprint density at radius 1 is 1.06 bits per heavy atom. The number of pyridine rings is 1. The molecular formula is C23H24N6O3S. The molecule has 5 rings (SSSR count). The lowest BCUT2D eigenvalue weighted by Gasteiger charge is -2.12. The lowest BCUT2D eigenvalue weighted by Crippen LogP contribution is -2.14. The molecule has 0 aliphatic rings. The fourth-order valence-electron chi connectivity index (χ4n) is 4.21. The molecule has 0 bridgehead atoms. The lowest BCUT2D eigenvalue weighted by atomic mass is 10.0. The number of rotatable bonds is 5. The Balaban J connectivity index is 1.75. The minimum atomic E-state index is -3.88. The fraction of sp³-hybridized carbons (Fsp3) is 0.217. The van der Waals surface area contributed by atoms with Crippen molar-refractivity contribution >= 4 is 37.6 Å². The molecule has 4 aromatic heterocycles. The zero-order valence-electron chi connectivity index (χ0n) is 19.0. The van der Waals surface area contributed by atoms with Gasteiger partial charge in [-0.05, 0) is 37.3 Å². The van der Waals surface area contributed by atoms with Crippen molar-refractivity contribution in [3.63, 3.8) is 0 Å². The summed E-state index contributed by atoms with van der Waals surface area (Å²) in [5, 5.41) is 5.75. The molecule has 170 valence electrons. The molecule has 0 aliphatic heterocycles. The van der Waals surface area contributed by atoms with Gasteiger partial charge in [-0.1, -0.05) is 0 Å². The Labute approximate surface area is 191 Å². The molecule has 9 nitrogen and oxygen atoms in total. The summed E-state index contributed by atoms with van der Waals surface area (Å²) in [6.07, 6.45) is 5.12. The van der Waals surface area contributed by atoms with Crippen LogP contribution in [0.5, 0.6) is 5.75 Å². The first-order valence-corrected chi connectivity index (χ1v) is 11.8. The second-order valence-electron chi connectivity index (χ2n) is 8.10. The highest BCUT2D eigenvalue weighted by Crippen LogP contribution is 2.41. The van der Waals surface area contributed by atoms with Gasteiger partial charge in [0.15, 0.2) is 5.03 Å². The second-order valence-corrected chi connectivity index (χ2v) is 9.73. The summed E-state index contributed by atoms with van der Waals surface area (Å²) in [4.78, 5) is 4.50. The van der Waals surface area contributed by atoms with Gasteiger partial charge in [0.25, 0.3) is 10.0 Å². The maximum absolute atomic E-state index is 13.0. The first-order chi connectivity index (χ1) is 15.7. The summed E-state index contributed by atoms with van der Waals surface area (Å²) in [7, 11) is 3.33. The van der Waals surface area contributed by atoms with Crippen molar-refractivity contribution in [2.75, 3.05) is 11.8 Å². The van der Waals surface area contributed by atoms with Crippen molar-refractivity contribution in [2.45, 2.75) is 11.9 Å². The zero-order chi connectivity index (χ0) is 23.5. The normalized spacial score (nSPS) is 12.0. The number of aryl methyl sites for hydroxylation is 4. The van der Waals surface area contributed by atoms with E-state index in [1.54, 1.807) is 32.6 Å². The van der Waals surface area contributed by atoms with Gasteiger partial charge in [-0.3, -0.25) is 9.40 Å². The minimum absolute atomic E-state index is 0.0503. The molecule has 33 heavy (non-hydrogen) atoms. The Morgan fingerprint density at radius 2 is 1.85 bits per heavy atom. The largest absolute Gasteiger partial charge is 0.496 e. The molecule has 0 aliphatic carbocycles. The van der Waals surface area contributed by atoms with Crippen LogP contribution in [0.2, 0.25) is 0 Å². The predicted octanol–water partition coefficient (Wildman–Crippen LogP) is 3.58. The molecule has 1 N–H and O–H groups in total. The number of aromatic nitrogens is 5. The lowest BCUT2D eigenvalue weighted by molar-refractivity contribution is 0.417. The Bertz CT molecular complexity index is 1640. The van der Waals surface area contributed by atoms with E-state index >= 15 is 0 Å². The van der Waals surface area contributed by atoms with Gasteiger partial charge in [0.2, 0.25) is 0 Å². The molecule has 0 saturated heterocycles. The first-order valence-electron chi connectivity index (χ1n) is 10.3. The number of nitrogens with one attached hydrogen (secondary N) is 1. The summed E-state index contributed by atoms with van der Waals surface area (Å²) < 4.78 is 39.9. The van der Waals surface area contributed by atoms with Crippen molar-refractivity contribution in [1.29, 1.82) is 0 Å². The van der Waals surface area contributed by atoms with Crippen LogP contribution in [0.1, 0.15) is 5.69 Å². The van der Waals surface area contributed by atoms with Crippen molar-refractivity contribution in [2.24, 2.45) is 21.1 Å². The van der Waals surface area contributed by atoms with Gasteiger partial charge in [-0.15, -0.1) is 0 Å². The maximum atomic E-state index is 13.0. The van der Waals surface area contributed by atoms with Crippen LogP contribution >= 0.6 is 0 Å². The number of anilines is 1. The molecule has 1 aromatic carbocycles. The number of benzene rings is 1. The number of methoxy groups -OCH3 is 1. The number of sulfonamides is 1. The van der Waals surface area contributed by atoms with E-state index in [1.807, 2.05) is 30.9 Å². The van der Waals surface area contributed by atoms with Crippen LogP contribution in [0, 0.1) is 6.92 Å². The summed E-state index contributed by atoms with van der Waals surface area (Å²) >= 11 is 0. The monoisotopic (exact) mass is 464 g/mol. The van der Waals surface area contributed by atoms with Crippen LogP contribution in [-0.4, -0.2) is 39.4 Å². The third-order valence-corrected chi connectivity index (χ3v) is 7.22. The molecule has 4 heterocycles. The molecule has 0 saturated carbocycles. The second kappa shape index (κ2) is 7.38. The van der Waals surface area contributed by atoms with Crippen molar-refractivity contribution in [3.8, 4) is 16.9 Å². The average molecular weight is 465 g/mol. The highest BCUT2D eigenvalue weighted by Gasteiger charge is 2.23. The smallest absolute Gasteiger partial charge is 0.281 e. The molecule has 0 atom stereocenters. The third-order valence-electron chi connectivity index (χ3n) is 5.96. The molecule has 0 radical (unpaired) electrons. The topological polar surface area (TPSA) is 96.0 Å². The molecular weight excluding hydrogens is 440 g/mol. The van der Waals surface area contributed by atoms with Gasteiger partial charge in [-0.25, -0.2) is 4.98 Å². The van der Waals surface area contributed by atoms with E-state index in [1.165, 1.54) is 10.7 Å². The highest BCUT2D eigenvalue weighted by molar-refractivity contribution is 7.92. The summed E-state index contributed by atoms with van der Waals surface area (Å²) in [6.45, 7) is 2.05. The van der Waals surface area contributed by atoms with E-state index in [0.717, 1.165) is 27.7 Å². The molecule has 0 spiro atoms. The summed E-state index contributed by atoms with van der Waals surface area (Å²) in [5.41, 5.74) is 4.93. The van der Waals surface area contributed by atoms with Gasteiger partial charge >= 0.3 is 0 Å². The van der Waals surface area contributed by atoms with E-state index in [0.29, 0.717) is 22.5 Å². The fourth-order valence-corrected chi connectivity index (χ4v) is 5.25. The number of nitrogens with zero attached hydrogens (tertiary/aromatic N) is 5. The van der Waals surface area contributed by atoms with Crippen molar-refractivity contribution in [1.82, 2.24) is 23.9 Å². The Hall–Kier alpha value is -3.79. The van der Waals surface area contributed by atoms with Gasteiger partial charge < -0.3 is 13.9 Å². The summed E-state index contributed by atoms with van der Waals surface area (Å²) in [5.74, 6) is 0.697. The number of fused-ring (bicyclic) bond motifs is 2. The van der Waals surface area contributed by atoms with E-state index < -0.39 is 10.0 Å². The van der Waals surface area contributed by atoms with Gasteiger partial charge in [0.1, 0.15) is 11.4 Å². The standard InChI is InChI=1S/C23H24N6O3S/c1-14-10-15-11-20(32-5)16(12-19(15)29(14)4)17-13-27(2)23-22(17)18(6-8-24-23)26-33(30,31)21-7-9-28(3)25-21/h6-13H,1-5H3,(H,24,26). The zero-order valence-corrected chi connectivity index (χ0v) is 19.8. The quantitative estimate of drug-likeness (QED) is 0.429. The van der Waals surface area contributed by atoms with Gasteiger partial charge in [0, 0.05) is 67.5 Å². The van der Waals surface area contributed by atoms with Crippen molar-refractivity contribution < 1.29 is 13.2 Å². The summed E-state index contributed by atoms with van der Waals surface area (Å²) in [6, 6.07) is 9.30. The van der Waals surface area contributed by atoms with Crippen LogP contribution in [0.25, 0.3) is 33.1 Å². The van der Waals surface area contributed by atoms with Crippen molar-refractivity contribution in [3.05, 3.63) is 54.6 Å². The third kappa shape index (κ3) is 3.34. The number of hydrogen-bond donors (Lipinski definition) is 1. The van der Waals surface area contributed by atoms with Gasteiger partial charge in [0.05, 0.1) is 18.2 Å². The maximum Gasteiger partial charge on any atom is 0.281 e. The predicted molar refractivity (Wildman–Crippen MR) is 128 cm³/mol. The molecule has 0 fully saturated rings. The average Bonchev–Trinajstić information content (AvgIpc) is 3.44. The first kappa shape index (κ1) is 21.1. The Morgan fingerprint density at radius 3 is 2.55 bits per heavy atom. The van der Waals surface area contributed by atoms with Crippen LogP contribution in [0.4, 0.5) is 5.69 Å². The molecule has 0 unspecified atom stereocenters. The van der Waals surface area contributed by atoms with E-state index in [4.69, 9.17) is 4.74 Å². The highest BCUT2D eigenvalue weighted by atomic mass is 32.2.